The van der Waals surface area contributed by atoms with Crippen molar-refractivity contribution in [2.24, 2.45) is 5.92 Å². The number of carbonyl (C=O) groups is 1. The van der Waals surface area contributed by atoms with E-state index in [4.69, 9.17) is 0 Å². The van der Waals surface area contributed by atoms with E-state index in [2.05, 4.69) is 4.74 Å². The summed E-state index contributed by atoms with van der Waals surface area (Å²) < 4.78 is 101. The number of carbonyl (C=O) groups excluding carboxylic acids is 1. The SMILES string of the molecule is Cc1cccc(N(CC2CCN(C(=O)OC(C(F)(F)F)C(F)(F)F)CC2)S(=O)O)c1. The molecule has 1 aliphatic rings. The molecule has 0 bridgehead atoms. The molecule has 0 spiro atoms. The van der Waals surface area contributed by atoms with Crippen LogP contribution in [0.1, 0.15) is 18.4 Å². The summed E-state index contributed by atoms with van der Waals surface area (Å²) in [7, 11) is 0. The van der Waals surface area contributed by atoms with Crippen LogP contribution in [0.2, 0.25) is 0 Å². The zero-order valence-electron chi connectivity index (χ0n) is 15.7. The molecule has 1 aromatic rings. The van der Waals surface area contributed by atoms with Crippen LogP contribution in [0.3, 0.4) is 0 Å². The highest BCUT2D eigenvalue weighted by atomic mass is 32.2. The lowest BCUT2D eigenvalue weighted by Gasteiger charge is -2.34. The number of anilines is 1. The van der Waals surface area contributed by atoms with Crippen LogP contribution in [0.25, 0.3) is 0 Å². The third-order valence-electron chi connectivity index (χ3n) is 4.59. The summed E-state index contributed by atoms with van der Waals surface area (Å²) in [5.74, 6) is -0.202. The van der Waals surface area contributed by atoms with Gasteiger partial charge in [0, 0.05) is 19.6 Å². The van der Waals surface area contributed by atoms with Gasteiger partial charge in [-0.3, -0.25) is 8.86 Å². The number of alkyl halides is 6. The highest BCUT2D eigenvalue weighted by molar-refractivity contribution is 7.80. The maximum atomic E-state index is 12.5. The molecule has 30 heavy (non-hydrogen) atoms. The van der Waals surface area contributed by atoms with Crippen LogP contribution in [0.4, 0.5) is 36.8 Å². The molecule has 1 amide bonds. The van der Waals surface area contributed by atoms with Gasteiger partial charge in [-0.05, 0) is 43.4 Å². The monoisotopic (exact) mass is 462 g/mol. The molecule has 6 nitrogen and oxygen atoms in total. The molecule has 1 fully saturated rings. The molecule has 13 heteroatoms. The number of rotatable bonds is 5. The van der Waals surface area contributed by atoms with Crippen molar-refractivity contribution in [1.82, 2.24) is 4.90 Å². The zero-order chi connectivity index (χ0) is 22.7. The van der Waals surface area contributed by atoms with Gasteiger partial charge in [0.25, 0.3) is 17.4 Å². The van der Waals surface area contributed by atoms with Gasteiger partial charge in [0.2, 0.25) is 0 Å². The standard InChI is InChI=1S/C17H20F6N2O4S/c1-11-3-2-4-13(9-11)25(30(27)28)10-12-5-7-24(8-6-12)15(26)29-14(16(18,19)20)17(21,22)23/h2-4,9,12,14H,5-8,10H2,1H3,(H,27,28). The fraction of sp³-hybridized carbons (Fsp3) is 0.588. The van der Waals surface area contributed by atoms with Crippen molar-refractivity contribution in [1.29, 1.82) is 0 Å². The number of ether oxygens (including phenoxy) is 1. The Hall–Kier alpha value is -2.02. The lowest BCUT2D eigenvalue weighted by Crippen LogP contribution is -2.49. The van der Waals surface area contributed by atoms with E-state index in [9.17, 15) is 39.9 Å². The highest BCUT2D eigenvalue weighted by Gasteiger charge is 2.60. The number of aryl methyl sites for hydroxylation is 1. The molecule has 1 aliphatic heterocycles. The number of likely N-dealkylation sites (tertiary alicyclic amines) is 1. The van der Waals surface area contributed by atoms with Gasteiger partial charge >= 0.3 is 18.4 Å². The van der Waals surface area contributed by atoms with Crippen molar-refractivity contribution in [3.8, 4) is 0 Å². The van der Waals surface area contributed by atoms with Crippen molar-refractivity contribution >= 4 is 23.0 Å². The number of halogens is 6. The van der Waals surface area contributed by atoms with Crippen LogP contribution in [-0.4, -0.2) is 57.8 Å². The predicted octanol–water partition coefficient (Wildman–Crippen LogP) is 4.28. The minimum absolute atomic E-state index is 0.128. The van der Waals surface area contributed by atoms with E-state index in [0.717, 1.165) is 10.5 Å². The topological polar surface area (TPSA) is 70.1 Å². The van der Waals surface area contributed by atoms with Crippen LogP contribution in [-0.2, 0) is 16.0 Å². The number of hydrogen-bond acceptors (Lipinski definition) is 3. The van der Waals surface area contributed by atoms with Gasteiger partial charge in [0.05, 0.1) is 5.69 Å². The Morgan fingerprint density at radius 2 is 1.80 bits per heavy atom. The molecule has 0 radical (unpaired) electrons. The summed E-state index contributed by atoms with van der Waals surface area (Å²) in [6.07, 6.45) is -17.0. The van der Waals surface area contributed by atoms with Crippen LogP contribution in [0.5, 0.6) is 0 Å². The number of benzene rings is 1. The maximum Gasteiger partial charge on any atom is 0.434 e. The average Bonchev–Trinajstić information content (AvgIpc) is 2.62. The number of hydrogen-bond donors (Lipinski definition) is 1. The Labute approximate surface area is 171 Å². The molecular weight excluding hydrogens is 442 g/mol. The maximum absolute atomic E-state index is 12.5. The Kier molecular flexibility index (Phi) is 7.61. The fourth-order valence-corrected chi connectivity index (χ4v) is 3.70. The third kappa shape index (κ3) is 6.49. The van der Waals surface area contributed by atoms with Gasteiger partial charge in [-0.25, -0.2) is 9.00 Å². The lowest BCUT2D eigenvalue weighted by atomic mass is 9.97. The molecule has 2 rings (SSSR count). The summed E-state index contributed by atoms with van der Waals surface area (Å²) in [5, 5.41) is 0. The van der Waals surface area contributed by atoms with Crippen molar-refractivity contribution in [2.75, 3.05) is 23.9 Å². The van der Waals surface area contributed by atoms with Gasteiger partial charge in [-0.15, -0.1) is 0 Å². The van der Waals surface area contributed by atoms with E-state index in [0.29, 0.717) is 5.69 Å². The van der Waals surface area contributed by atoms with Gasteiger partial charge in [0.15, 0.2) is 0 Å². The smallest absolute Gasteiger partial charge is 0.426 e. The van der Waals surface area contributed by atoms with Gasteiger partial charge in [-0.1, -0.05) is 12.1 Å². The minimum atomic E-state index is -5.77. The Bertz CT molecular complexity index is 751. The van der Waals surface area contributed by atoms with E-state index in [-0.39, 0.29) is 38.4 Å². The highest BCUT2D eigenvalue weighted by Crippen LogP contribution is 2.36. The lowest BCUT2D eigenvalue weighted by molar-refractivity contribution is -0.308. The molecule has 1 atom stereocenters. The molecule has 0 aromatic heterocycles. The first-order chi connectivity index (χ1) is 13.8. The Morgan fingerprint density at radius 1 is 1.23 bits per heavy atom. The summed E-state index contributed by atoms with van der Waals surface area (Å²) >= 11 is -2.33. The molecule has 1 aromatic carbocycles. The number of amides is 1. The Morgan fingerprint density at radius 3 is 2.27 bits per heavy atom. The van der Waals surface area contributed by atoms with Crippen LogP contribution in [0.15, 0.2) is 24.3 Å². The van der Waals surface area contributed by atoms with Crippen LogP contribution >= 0.6 is 0 Å². The predicted molar refractivity (Wildman–Crippen MR) is 96.0 cm³/mol. The molecule has 170 valence electrons. The molecule has 0 aliphatic carbocycles. The molecule has 1 heterocycles. The summed E-state index contributed by atoms with van der Waals surface area (Å²) in [6, 6.07) is 6.86. The van der Waals surface area contributed by atoms with Gasteiger partial charge in [0.1, 0.15) is 0 Å². The second-order valence-electron chi connectivity index (χ2n) is 6.91. The molecular formula is C17H20F6N2O4S. The largest absolute Gasteiger partial charge is 0.434 e. The zero-order valence-corrected chi connectivity index (χ0v) is 16.6. The first-order valence-electron chi connectivity index (χ1n) is 8.83. The number of nitrogens with zero attached hydrogens (tertiary/aromatic N) is 2. The van der Waals surface area contributed by atoms with Crippen LogP contribution in [0, 0.1) is 12.8 Å². The third-order valence-corrected chi connectivity index (χ3v) is 5.33. The molecule has 1 unspecified atom stereocenters. The quantitative estimate of drug-likeness (QED) is 0.524. The second-order valence-corrected chi connectivity index (χ2v) is 7.81. The van der Waals surface area contributed by atoms with Gasteiger partial charge < -0.3 is 9.64 Å². The van der Waals surface area contributed by atoms with Crippen molar-refractivity contribution < 1.29 is 44.6 Å². The van der Waals surface area contributed by atoms with E-state index < -0.39 is 35.8 Å². The average molecular weight is 462 g/mol. The van der Waals surface area contributed by atoms with Crippen molar-refractivity contribution in [3.05, 3.63) is 29.8 Å². The Balaban J connectivity index is 1.96. The second kappa shape index (κ2) is 9.41. The first-order valence-corrected chi connectivity index (χ1v) is 9.89. The van der Waals surface area contributed by atoms with E-state index in [1.165, 1.54) is 4.31 Å². The first kappa shape index (κ1) is 24.3. The van der Waals surface area contributed by atoms with Crippen molar-refractivity contribution in [3.63, 3.8) is 0 Å². The molecule has 1 saturated heterocycles. The summed E-state index contributed by atoms with van der Waals surface area (Å²) in [6.45, 7) is 1.67. The van der Waals surface area contributed by atoms with E-state index in [1.54, 1.807) is 31.2 Å². The van der Waals surface area contributed by atoms with E-state index >= 15 is 0 Å². The van der Waals surface area contributed by atoms with Crippen molar-refractivity contribution in [2.45, 2.75) is 38.2 Å². The van der Waals surface area contributed by atoms with Gasteiger partial charge in [-0.2, -0.15) is 26.3 Å². The summed E-state index contributed by atoms with van der Waals surface area (Å²) in [4.78, 5) is 12.6. The minimum Gasteiger partial charge on any atom is -0.426 e. The molecule has 0 saturated carbocycles. The number of piperidine rings is 1. The van der Waals surface area contributed by atoms with E-state index in [1.807, 2.05) is 0 Å². The summed E-state index contributed by atoms with van der Waals surface area (Å²) in [5.41, 5.74) is 1.36. The fourth-order valence-electron chi connectivity index (χ4n) is 3.07. The normalized spacial score (nSPS) is 17.2. The van der Waals surface area contributed by atoms with Crippen LogP contribution < -0.4 is 4.31 Å². The molecule has 1 N–H and O–H groups in total.